The second kappa shape index (κ2) is 6.74. The quantitative estimate of drug-likeness (QED) is 0.785. The molecule has 0 amide bonds. The van der Waals surface area contributed by atoms with Crippen LogP contribution in [0.5, 0.6) is 0 Å². The van der Waals surface area contributed by atoms with E-state index in [0.717, 1.165) is 6.42 Å². The predicted octanol–water partition coefficient (Wildman–Crippen LogP) is 2.40. The van der Waals surface area contributed by atoms with Gasteiger partial charge in [0.1, 0.15) is 6.10 Å². The fourth-order valence-corrected chi connectivity index (χ4v) is 1.80. The van der Waals surface area contributed by atoms with Crippen molar-refractivity contribution < 1.29 is 14.2 Å². The summed E-state index contributed by atoms with van der Waals surface area (Å²) in [5, 5.41) is 0. The lowest BCUT2D eigenvalue weighted by molar-refractivity contribution is -0.153. The van der Waals surface area contributed by atoms with Crippen molar-refractivity contribution in [3.05, 3.63) is 35.9 Å². The van der Waals surface area contributed by atoms with Crippen LogP contribution in [0.2, 0.25) is 0 Å². The summed E-state index contributed by atoms with van der Waals surface area (Å²) in [4.78, 5) is 0. The first-order valence-electron chi connectivity index (χ1n) is 6.23. The molecule has 1 aromatic carbocycles. The van der Waals surface area contributed by atoms with Crippen LogP contribution in [-0.2, 0) is 20.8 Å². The minimum atomic E-state index is 0.0847. The van der Waals surface area contributed by atoms with E-state index in [1.165, 1.54) is 5.56 Å². The lowest BCUT2D eigenvalue weighted by atomic mass is 10.2. The Bertz CT molecular complexity index is 305. The van der Waals surface area contributed by atoms with Crippen molar-refractivity contribution in [3.63, 3.8) is 0 Å². The summed E-state index contributed by atoms with van der Waals surface area (Å²) in [7, 11) is 0. The molecule has 2 rings (SSSR count). The Kier molecular flexibility index (Phi) is 4.98. The van der Waals surface area contributed by atoms with Gasteiger partial charge in [-0.1, -0.05) is 37.3 Å². The van der Waals surface area contributed by atoms with Crippen molar-refractivity contribution in [1.29, 1.82) is 0 Å². The molecular formula is C14H20O3. The molecule has 2 atom stereocenters. The van der Waals surface area contributed by atoms with Crippen molar-refractivity contribution in [2.75, 3.05) is 19.8 Å². The zero-order valence-corrected chi connectivity index (χ0v) is 10.3. The van der Waals surface area contributed by atoms with Gasteiger partial charge in [-0.2, -0.15) is 0 Å². The average molecular weight is 236 g/mol. The van der Waals surface area contributed by atoms with Gasteiger partial charge in [0.2, 0.25) is 0 Å². The third-order valence-corrected chi connectivity index (χ3v) is 2.91. The van der Waals surface area contributed by atoms with Crippen molar-refractivity contribution in [1.82, 2.24) is 0 Å². The topological polar surface area (TPSA) is 27.7 Å². The summed E-state index contributed by atoms with van der Waals surface area (Å²) in [5.74, 6) is 0. The van der Waals surface area contributed by atoms with Gasteiger partial charge in [0.05, 0.1) is 32.5 Å². The first-order chi connectivity index (χ1) is 8.38. The van der Waals surface area contributed by atoms with E-state index < -0.39 is 0 Å². The van der Waals surface area contributed by atoms with Crippen molar-refractivity contribution in [2.24, 2.45) is 0 Å². The Balaban J connectivity index is 1.63. The number of benzene rings is 1. The van der Waals surface area contributed by atoms with Gasteiger partial charge >= 0.3 is 0 Å². The van der Waals surface area contributed by atoms with Gasteiger partial charge in [0.25, 0.3) is 0 Å². The Morgan fingerprint density at radius 3 is 2.47 bits per heavy atom. The number of hydrogen-bond donors (Lipinski definition) is 0. The van der Waals surface area contributed by atoms with Crippen molar-refractivity contribution in [3.8, 4) is 0 Å². The van der Waals surface area contributed by atoms with E-state index in [0.29, 0.717) is 26.4 Å². The molecule has 1 aromatic rings. The predicted molar refractivity (Wildman–Crippen MR) is 65.9 cm³/mol. The van der Waals surface area contributed by atoms with Crippen molar-refractivity contribution in [2.45, 2.75) is 32.2 Å². The van der Waals surface area contributed by atoms with Gasteiger partial charge in [-0.05, 0) is 12.0 Å². The molecule has 1 fully saturated rings. The Hall–Kier alpha value is -0.900. The van der Waals surface area contributed by atoms with Gasteiger partial charge in [0.15, 0.2) is 0 Å². The molecule has 1 heterocycles. The summed E-state index contributed by atoms with van der Waals surface area (Å²) in [6.45, 7) is 4.69. The summed E-state index contributed by atoms with van der Waals surface area (Å²) >= 11 is 0. The summed E-state index contributed by atoms with van der Waals surface area (Å²) in [6, 6.07) is 10.2. The van der Waals surface area contributed by atoms with E-state index in [1.807, 2.05) is 18.2 Å². The first-order valence-corrected chi connectivity index (χ1v) is 6.23. The molecule has 3 heteroatoms. The second-order valence-electron chi connectivity index (χ2n) is 4.32. The summed E-state index contributed by atoms with van der Waals surface area (Å²) in [6.07, 6.45) is 1.36. The Morgan fingerprint density at radius 1 is 1.12 bits per heavy atom. The molecule has 17 heavy (non-hydrogen) atoms. The lowest BCUT2D eigenvalue weighted by Gasteiger charge is -2.28. The molecule has 3 nitrogen and oxygen atoms in total. The van der Waals surface area contributed by atoms with Gasteiger partial charge in [-0.15, -0.1) is 0 Å². The fraction of sp³-hybridized carbons (Fsp3) is 0.571. The molecule has 0 N–H and O–H groups in total. The Labute approximate surface area is 103 Å². The van der Waals surface area contributed by atoms with Crippen LogP contribution in [0.4, 0.5) is 0 Å². The molecular weight excluding hydrogens is 216 g/mol. The van der Waals surface area contributed by atoms with E-state index in [4.69, 9.17) is 14.2 Å². The molecule has 1 saturated heterocycles. The fourth-order valence-electron chi connectivity index (χ4n) is 1.80. The number of rotatable bonds is 5. The molecule has 0 aromatic heterocycles. The van der Waals surface area contributed by atoms with Crippen LogP contribution < -0.4 is 0 Å². The molecule has 0 radical (unpaired) electrons. The van der Waals surface area contributed by atoms with E-state index in [-0.39, 0.29) is 12.2 Å². The largest absolute Gasteiger partial charge is 0.374 e. The SMILES string of the molecule is CCC1COC(COCc2ccccc2)CO1. The molecule has 94 valence electrons. The highest BCUT2D eigenvalue weighted by atomic mass is 16.6. The standard InChI is InChI=1S/C14H20O3/c1-2-13-10-17-14(11-16-13)9-15-8-12-6-4-3-5-7-12/h3-7,13-14H,2,8-11H2,1H3. The van der Waals surface area contributed by atoms with Crippen LogP contribution in [0.1, 0.15) is 18.9 Å². The first kappa shape index (κ1) is 12.6. The zero-order chi connectivity index (χ0) is 11.9. The van der Waals surface area contributed by atoms with Gasteiger partial charge < -0.3 is 14.2 Å². The molecule has 0 aliphatic carbocycles. The molecule has 0 spiro atoms. The molecule has 1 aliphatic rings. The van der Waals surface area contributed by atoms with Crippen LogP contribution in [-0.4, -0.2) is 32.0 Å². The molecule has 1 aliphatic heterocycles. The number of ether oxygens (including phenoxy) is 3. The van der Waals surface area contributed by atoms with Crippen LogP contribution in [0.15, 0.2) is 30.3 Å². The number of hydrogen-bond acceptors (Lipinski definition) is 3. The summed E-state index contributed by atoms with van der Waals surface area (Å²) in [5.41, 5.74) is 1.19. The zero-order valence-electron chi connectivity index (χ0n) is 10.3. The van der Waals surface area contributed by atoms with Gasteiger partial charge in [0, 0.05) is 0 Å². The van der Waals surface area contributed by atoms with Crippen LogP contribution in [0.3, 0.4) is 0 Å². The highest BCUT2D eigenvalue weighted by Gasteiger charge is 2.20. The Morgan fingerprint density at radius 2 is 1.82 bits per heavy atom. The monoisotopic (exact) mass is 236 g/mol. The van der Waals surface area contributed by atoms with E-state index in [9.17, 15) is 0 Å². The minimum absolute atomic E-state index is 0.0847. The maximum Gasteiger partial charge on any atom is 0.104 e. The highest BCUT2D eigenvalue weighted by Crippen LogP contribution is 2.11. The third kappa shape index (κ3) is 4.11. The molecule has 0 bridgehead atoms. The highest BCUT2D eigenvalue weighted by molar-refractivity contribution is 5.13. The van der Waals surface area contributed by atoms with Gasteiger partial charge in [-0.3, -0.25) is 0 Å². The minimum Gasteiger partial charge on any atom is -0.374 e. The molecule has 0 saturated carbocycles. The van der Waals surface area contributed by atoms with E-state index in [1.54, 1.807) is 0 Å². The summed E-state index contributed by atoms with van der Waals surface area (Å²) < 4.78 is 16.9. The average Bonchev–Trinajstić information content (AvgIpc) is 2.41. The van der Waals surface area contributed by atoms with Crippen LogP contribution in [0, 0.1) is 0 Å². The van der Waals surface area contributed by atoms with Crippen molar-refractivity contribution >= 4 is 0 Å². The maximum absolute atomic E-state index is 5.67. The smallest absolute Gasteiger partial charge is 0.104 e. The second-order valence-corrected chi connectivity index (χ2v) is 4.32. The van der Waals surface area contributed by atoms with E-state index in [2.05, 4.69) is 19.1 Å². The van der Waals surface area contributed by atoms with Gasteiger partial charge in [-0.25, -0.2) is 0 Å². The van der Waals surface area contributed by atoms with E-state index >= 15 is 0 Å². The lowest BCUT2D eigenvalue weighted by Crippen LogP contribution is -2.37. The molecule has 2 unspecified atom stereocenters. The normalized spacial score (nSPS) is 24.8. The van der Waals surface area contributed by atoms with Crippen LogP contribution >= 0.6 is 0 Å². The van der Waals surface area contributed by atoms with Crippen LogP contribution in [0.25, 0.3) is 0 Å². The maximum atomic E-state index is 5.67. The third-order valence-electron chi connectivity index (χ3n) is 2.91.